The van der Waals surface area contributed by atoms with Gasteiger partial charge in [-0.25, -0.2) is 0 Å². The third-order valence-electron chi connectivity index (χ3n) is 18.1. The second kappa shape index (κ2) is 18.3. The number of nitrogens with zero attached hydrogens (tertiary/aromatic N) is 2. The van der Waals surface area contributed by atoms with E-state index in [1.807, 2.05) is 0 Å². The number of benzene rings is 7. The molecular formula is C69H73BN2O. The van der Waals surface area contributed by atoms with Crippen molar-refractivity contribution in [1.82, 2.24) is 0 Å². The van der Waals surface area contributed by atoms with Crippen LogP contribution in [0.3, 0.4) is 0 Å². The lowest BCUT2D eigenvalue weighted by Crippen LogP contribution is -2.61. The molecule has 0 radical (unpaired) electrons. The van der Waals surface area contributed by atoms with E-state index in [4.69, 9.17) is 4.42 Å². The Labute approximate surface area is 436 Å². The van der Waals surface area contributed by atoms with Gasteiger partial charge >= 0.3 is 0 Å². The summed E-state index contributed by atoms with van der Waals surface area (Å²) < 4.78 is 7.39. The Hall–Kier alpha value is -6.26. The number of hydrogen-bond acceptors (Lipinski definition) is 3. The van der Waals surface area contributed by atoms with Crippen molar-refractivity contribution in [3.8, 4) is 22.3 Å². The molecule has 3 fully saturated rings. The van der Waals surface area contributed by atoms with Crippen LogP contribution in [0.1, 0.15) is 177 Å². The second-order valence-corrected chi connectivity index (χ2v) is 24.8. The first-order valence-corrected chi connectivity index (χ1v) is 28.4. The Kier molecular flexibility index (Phi) is 11.7. The average Bonchev–Trinajstić information content (AvgIpc) is 4.11. The third kappa shape index (κ3) is 8.27. The zero-order valence-electron chi connectivity index (χ0n) is 44.4. The Balaban J connectivity index is 1.04. The minimum Gasteiger partial charge on any atom is -0.468 e. The highest BCUT2D eigenvalue weighted by Crippen LogP contribution is 2.52. The minimum absolute atomic E-state index is 0.0609. The van der Waals surface area contributed by atoms with Gasteiger partial charge in [-0.05, 0) is 177 Å². The lowest BCUT2D eigenvalue weighted by atomic mass is 9.35. The van der Waals surface area contributed by atoms with E-state index < -0.39 is 0 Å². The van der Waals surface area contributed by atoms with Crippen molar-refractivity contribution in [2.45, 2.75) is 160 Å². The van der Waals surface area contributed by atoms with Crippen molar-refractivity contribution in [3.05, 3.63) is 173 Å². The molecule has 0 N–H and O–H groups in total. The van der Waals surface area contributed by atoms with Gasteiger partial charge in [-0.1, -0.05) is 184 Å². The summed E-state index contributed by atoms with van der Waals surface area (Å²) in [5.74, 6) is 1.87. The maximum Gasteiger partial charge on any atom is 0.297 e. The number of fused-ring (bicyclic) bond motifs is 6. The fraction of sp³-hybridized carbons (Fsp3) is 0.362. The molecule has 4 heteroatoms. The van der Waals surface area contributed by atoms with Crippen molar-refractivity contribution in [1.29, 1.82) is 0 Å². The molecule has 3 nitrogen and oxygen atoms in total. The van der Waals surface area contributed by atoms with E-state index >= 15 is 0 Å². The molecule has 0 amide bonds. The van der Waals surface area contributed by atoms with Gasteiger partial charge in [-0.15, -0.1) is 0 Å². The van der Waals surface area contributed by atoms with Crippen molar-refractivity contribution in [3.63, 3.8) is 0 Å². The summed E-state index contributed by atoms with van der Waals surface area (Å²) in [4.78, 5) is 5.28. The summed E-state index contributed by atoms with van der Waals surface area (Å²) in [5, 5.41) is 1.16. The largest absolute Gasteiger partial charge is 0.468 e. The molecule has 0 atom stereocenters. The SMILES string of the molecule is CC(C)(C)c1ccc(-c2cc(C3CCCC3)ccc2N2c3cc(C(C)(C)C)cc4c3B(c3ccc(C5CCCCC5)cc3N4c3ccc(-c4ccc(C5CCCCC5)cc4)cc3)c3oc4ccccc4c32)cc1. The quantitative estimate of drug-likeness (QED) is 0.148. The monoisotopic (exact) mass is 957 g/mol. The average molecular weight is 957 g/mol. The predicted octanol–water partition coefficient (Wildman–Crippen LogP) is 18.2. The maximum atomic E-state index is 7.39. The highest BCUT2D eigenvalue weighted by molar-refractivity contribution is 7.00. The molecule has 0 spiro atoms. The fourth-order valence-corrected chi connectivity index (χ4v) is 13.9. The molecule has 3 saturated carbocycles. The fourth-order valence-electron chi connectivity index (χ4n) is 13.9. The van der Waals surface area contributed by atoms with Crippen molar-refractivity contribution in [2.24, 2.45) is 0 Å². The molecule has 5 aliphatic rings. The zero-order valence-corrected chi connectivity index (χ0v) is 44.4. The number of para-hydroxylation sites is 1. The predicted molar refractivity (Wildman–Crippen MR) is 311 cm³/mol. The molecule has 0 bridgehead atoms. The number of furan rings is 1. The van der Waals surface area contributed by atoms with Crippen molar-refractivity contribution in [2.75, 3.05) is 9.80 Å². The second-order valence-electron chi connectivity index (χ2n) is 24.8. The zero-order chi connectivity index (χ0) is 49.6. The van der Waals surface area contributed by atoms with E-state index in [-0.39, 0.29) is 17.5 Å². The molecule has 368 valence electrons. The summed E-state index contributed by atoms with van der Waals surface area (Å²) in [6, 6.07) is 57.5. The summed E-state index contributed by atoms with van der Waals surface area (Å²) in [6.07, 6.45) is 18.4. The third-order valence-corrected chi connectivity index (χ3v) is 18.1. The highest BCUT2D eigenvalue weighted by atomic mass is 16.3. The summed E-state index contributed by atoms with van der Waals surface area (Å²) in [7, 11) is 0. The Bertz CT molecular complexity index is 3330. The first-order valence-electron chi connectivity index (χ1n) is 28.4. The molecule has 0 saturated heterocycles. The van der Waals surface area contributed by atoms with Crippen LogP contribution in [0.25, 0.3) is 33.2 Å². The lowest BCUT2D eigenvalue weighted by molar-refractivity contribution is 0.443. The molecule has 73 heavy (non-hydrogen) atoms. The van der Waals surface area contributed by atoms with Crippen molar-refractivity contribution >= 4 is 68.4 Å². The van der Waals surface area contributed by atoms with Crippen LogP contribution in [-0.2, 0) is 10.8 Å². The molecule has 13 rings (SSSR count). The van der Waals surface area contributed by atoms with Gasteiger partial charge in [0.2, 0.25) is 0 Å². The number of rotatable bonds is 7. The summed E-state index contributed by atoms with van der Waals surface area (Å²) in [6.45, 7) is 14.0. The molecule has 3 aliphatic carbocycles. The smallest absolute Gasteiger partial charge is 0.297 e. The van der Waals surface area contributed by atoms with Gasteiger partial charge < -0.3 is 14.2 Å². The van der Waals surface area contributed by atoms with Crippen LogP contribution in [0.15, 0.2) is 150 Å². The van der Waals surface area contributed by atoms with Crippen LogP contribution in [0.5, 0.6) is 0 Å². The van der Waals surface area contributed by atoms with Crippen molar-refractivity contribution < 1.29 is 4.42 Å². The molecule has 7 aromatic carbocycles. The van der Waals surface area contributed by atoms with Crippen LogP contribution in [0, 0.1) is 0 Å². The summed E-state index contributed by atoms with van der Waals surface area (Å²) in [5.41, 5.74) is 24.1. The standard InChI is InChI=1S/C69H73BN2O/c1-68(2,3)54-35-29-51(30-36-54)58-41-52(46-21-13-14-22-46)34-40-60(58)72-63-44-55(69(4,5)6)43-62-65(63)70(67-66(72)57-23-15-16-24-64(57)73-67)59-39-33-53(47-19-11-8-12-20-47)42-61(59)71(62)56-37-31-50(32-38-56)49-27-25-48(26-28-49)45-17-9-7-10-18-45/h15-16,23-47H,7-14,17-22H2,1-6H3. The number of hydrogen-bond donors (Lipinski definition) is 0. The number of anilines is 6. The van der Waals surface area contributed by atoms with Gasteiger partial charge in [-0.3, -0.25) is 0 Å². The van der Waals surface area contributed by atoms with Gasteiger partial charge in [0.05, 0.1) is 17.0 Å². The highest BCUT2D eigenvalue weighted by Gasteiger charge is 2.48. The van der Waals surface area contributed by atoms with Gasteiger partial charge in [0.25, 0.3) is 6.71 Å². The molecular weight excluding hydrogens is 884 g/mol. The van der Waals surface area contributed by atoms with E-state index in [0.29, 0.717) is 17.8 Å². The molecule has 8 aromatic rings. The van der Waals surface area contributed by atoms with E-state index in [1.165, 1.54) is 185 Å². The van der Waals surface area contributed by atoms with Crippen LogP contribution in [-0.4, -0.2) is 6.71 Å². The topological polar surface area (TPSA) is 19.6 Å². The van der Waals surface area contributed by atoms with Gasteiger partial charge in [-0.2, -0.15) is 0 Å². The normalized spacial score (nSPS) is 17.5. The first kappa shape index (κ1) is 46.5. The lowest BCUT2D eigenvalue weighted by Gasteiger charge is -2.44. The van der Waals surface area contributed by atoms with Gasteiger partial charge in [0.15, 0.2) is 0 Å². The van der Waals surface area contributed by atoms with Gasteiger partial charge in [0.1, 0.15) is 5.58 Å². The van der Waals surface area contributed by atoms with Crippen LogP contribution in [0.4, 0.5) is 34.1 Å². The minimum atomic E-state index is -0.132. The summed E-state index contributed by atoms with van der Waals surface area (Å²) >= 11 is 0. The Morgan fingerprint density at radius 3 is 1.59 bits per heavy atom. The van der Waals surface area contributed by atoms with Crippen LogP contribution in [0.2, 0.25) is 0 Å². The van der Waals surface area contributed by atoms with E-state index in [1.54, 1.807) is 0 Å². The molecule has 1 aromatic heterocycles. The van der Waals surface area contributed by atoms with E-state index in [9.17, 15) is 0 Å². The molecule has 3 heterocycles. The Morgan fingerprint density at radius 2 is 0.959 bits per heavy atom. The maximum absolute atomic E-state index is 7.39. The van der Waals surface area contributed by atoms with Crippen LogP contribution < -0.4 is 26.4 Å². The Morgan fingerprint density at radius 1 is 0.438 bits per heavy atom. The van der Waals surface area contributed by atoms with E-state index in [2.05, 4.69) is 197 Å². The molecule has 0 unspecified atom stereocenters. The molecule has 2 aliphatic heterocycles. The van der Waals surface area contributed by atoms with E-state index in [0.717, 1.165) is 16.6 Å². The first-order chi connectivity index (χ1) is 35.5. The van der Waals surface area contributed by atoms with Crippen LogP contribution >= 0.6 is 0 Å². The van der Waals surface area contributed by atoms with Gasteiger partial charge in [0, 0.05) is 33.7 Å².